The van der Waals surface area contributed by atoms with Gasteiger partial charge in [0.15, 0.2) is 12.1 Å². The van der Waals surface area contributed by atoms with Gasteiger partial charge in [0.2, 0.25) is 0 Å². The molecule has 39 heavy (non-hydrogen) atoms. The third-order valence-corrected chi connectivity index (χ3v) is 7.06. The number of esters is 2. The molecule has 0 aromatic rings. The molecule has 0 aliphatic rings. The van der Waals surface area contributed by atoms with Gasteiger partial charge >= 0.3 is 17.9 Å². The number of unbranched alkanes of at least 4 members (excludes halogenated alkanes) is 15. The molecule has 8 heteroatoms. The van der Waals surface area contributed by atoms with E-state index in [-0.39, 0.29) is 30.3 Å². The summed E-state index contributed by atoms with van der Waals surface area (Å²) in [5.41, 5.74) is 0. The van der Waals surface area contributed by atoms with Gasteiger partial charge in [-0.05, 0) is 6.42 Å². The molecule has 0 fully saturated rings. The predicted molar refractivity (Wildman–Crippen MR) is 156 cm³/mol. The standard InChI is InChI=1S/C31H59NO7/c1-6-7-8-9-10-11-12-13-14-15-16-17-18-19-20-21-22-30(34)39-28(26-38-27(2)33)25-37-24-23-29(31(35)36)32(3,4)5/h28-29H,6-26H2,1-5H3/p+1. The van der Waals surface area contributed by atoms with E-state index in [0.717, 1.165) is 19.3 Å². The molecule has 0 aliphatic heterocycles. The number of carboxylic acids is 1. The lowest BCUT2D eigenvalue weighted by atomic mass is 10.0. The van der Waals surface area contributed by atoms with Crippen molar-refractivity contribution in [2.45, 2.75) is 142 Å². The van der Waals surface area contributed by atoms with Crippen LogP contribution in [0.15, 0.2) is 0 Å². The van der Waals surface area contributed by atoms with Crippen molar-refractivity contribution in [1.29, 1.82) is 0 Å². The fourth-order valence-electron chi connectivity index (χ4n) is 4.64. The quantitative estimate of drug-likeness (QED) is 0.0682. The van der Waals surface area contributed by atoms with E-state index < -0.39 is 24.1 Å². The molecule has 0 bridgehead atoms. The van der Waals surface area contributed by atoms with Crippen molar-refractivity contribution < 1.29 is 38.2 Å². The number of carbonyl (C=O) groups excluding carboxylic acids is 2. The number of hydrogen-bond acceptors (Lipinski definition) is 6. The van der Waals surface area contributed by atoms with E-state index in [0.29, 0.717) is 12.8 Å². The van der Waals surface area contributed by atoms with Gasteiger partial charge in [-0.1, -0.05) is 103 Å². The molecule has 8 nitrogen and oxygen atoms in total. The van der Waals surface area contributed by atoms with Crippen LogP contribution in [0.5, 0.6) is 0 Å². The van der Waals surface area contributed by atoms with E-state index in [1.807, 2.05) is 21.1 Å². The Morgan fingerprint density at radius 2 is 1.18 bits per heavy atom. The van der Waals surface area contributed by atoms with Crippen molar-refractivity contribution in [2.24, 2.45) is 0 Å². The predicted octanol–water partition coefficient (Wildman–Crippen LogP) is 6.68. The number of likely N-dealkylation sites (N-methyl/N-ethyl adjacent to an activating group) is 1. The Balaban J connectivity index is 3.92. The van der Waals surface area contributed by atoms with Crippen LogP contribution in [0.2, 0.25) is 0 Å². The van der Waals surface area contributed by atoms with Gasteiger partial charge in [-0.25, -0.2) is 4.79 Å². The summed E-state index contributed by atoms with van der Waals surface area (Å²) in [6, 6.07) is -0.602. The molecule has 0 spiro atoms. The van der Waals surface area contributed by atoms with Crippen LogP contribution in [0, 0.1) is 0 Å². The van der Waals surface area contributed by atoms with Crippen LogP contribution in [0.4, 0.5) is 0 Å². The third kappa shape index (κ3) is 23.9. The summed E-state index contributed by atoms with van der Waals surface area (Å²) in [5, 5.41) is 9.42. The zero-order valence-corrected chi connectivity index (χ0v) is 25.8. The first-order chi connectivity index (χ1) is 18.6. The number of carboxylic acid groups (broad SMARTS) is 1. The second-order valence-electron chi connectivity index (χ2n) is 11.8. The van der Waals surface area contributed by atoms with E-state index in [1.165, 1.54) is 90.4 Å². The topological polar surface area (TPSA) is 99.1 Å². The number of hydrogen-bond donors (Lipinski definition) is 1. The Labute approximate surface area is 238 Å². The Morgan fingerprint density at radius 3 is 1.59 bits per heavy atom. The van der Waals surface area contributed by atoms with Gasteiger partial charge in [-0.15, -0.1) is 0 Å². The minimum Gasteiger partial charge on any atom is -0.477 e. The normalized spacial score (nSPS) is 13.2. The highest BCUT2D eigenvalue weighted by Gasteiger charge is 2.31. The maximum absolute atomic E-state index is 12.3. The van der Waals surface area contributed by atoms with E-state index in [2.05, 4.69) is 6.92 Å². The SMILES string of the molecule is CCCCCCCCCCCCCCCCCCC(=O)OC(COCCC(C(=O)O)[N+](C)(C)C)COC(C)=O. The third-order valence-electron chi connectivity index (χ3n) is 7.06. The van der Waals surface area contributed by atoms with Crippen molar-refractivity contribution in [3.05, 3.63) is 0 Å². The van der Waals surface area contributed by atoms with Gasteiger partial charge in [0.1, 0.15) is 6.61 Å². The van der Waals surface area contributed by atoms with Crippen LogP contribution in [-0.4, -0.2) is 80.6 Å². The molecular weight excluding hydrogens is 498 g/mol. The van der Waals surface area contributed by atoms with Gasteiger partial charge in [0.05, 0.1) is 34.4 Å². The minimum absolute atomic E-state index is 0.0570. The van der Waals surface area contributed by atoms with E-state index in [4.69, 9.17) is 14.2 Å². The summed E-state index contributed by atoms with van der Waals surface area (Å²) in [6.07, 6.45) is 20.4. The summed E-state index contributed by atoms with van der Waals surface area (Å²) in [6.45, 7) is 3.76. The highest BCUT2D eigenvalue weighted by Crippen LogP contribution is 2.14. The first kappa shape index (κ1) is 37.3. The highest BCUT2D eigenvalue weighted by molar-refractivity contribution is 5.72. The number of nitrogens with zero attached hydrogens (tertiary/aromatic N) is 1. The largest absolute Gasteiger partial charge is 0.477 e. The maximum atomic E-state index is 12.3. The minimum atomic E-state index is -0.882. The molecule has 0 saturated carbocycles. The Bertz CT molecular complexity index is 633. The van der Waals surface area contributed by atoms with Crippen LogP contribution >= 0.6 is 0 Å². The second-order valence-corrected chi connectivity index (χ2v) is 11.8. The summed E-state index contributed by atoms with van der Waals surface area (Å²) < 4.78 is 16.4. The molecule has 0 amide bonds. The molecule has 0 aliphatic carbocycles. The van der Waals surface area contributed by atoms with Gasteiger partial charge in [-0.3, -0.25) is 9.59 Å². The van der Waals surface area contributed by atoms with Gasteiger partial charge in [0.25, 0.3) is 0 Å². The summed E-state index contributed by atoms with van der Waals surface area (Å²) in [5.74, 6) is -1.66. The Morgan fingerprint density at radius 1 is 0.718 bits per heavy atom. The monoisotopic (exact) mass is 558 g/mol. The molecule has 0 aromatic carbocycles. The number of carbonyl (C=O) groups is 3. The fraction of sp³-hybridized carbons (Fsp3) is 0.903. The van der Waals surface area contributed by atoms with Crippen molar-refractivity contribution in [2.75, 3.05) is 41.0 Å². The lowest BCUT2D eigenvalue weighted by molar-refractivity contribution is -0.887. The summed E-state index contributed by atoms with van der Waals surface area (Å²) in [4.78, 5) is 35.0. The van der Waals surface area contributed by atoms with Crippen LogP contribution in [-0.2, 0) is 28.6 Å². The van der Waals surface area contributed by atoms with Crippen LogP contribution in [0.3, 0.4) is 0 Å². The fourth-order valence-corrected chi connectivity index (χ4v) is 4.64. The Kier molecular flexibility index (Phi) is 23.1. The highest BCUT2D eigenvalue weighted by atomic mass is 16.6. The Hall–Kier alpha value is -1.67. The first-order valence-corrected chi connectivity index (χ1v) is 15.5. The van der Waals surface area contributed by atoms with Gasteiger partial charge in [-0.2, -0.15) is 0 Å². The van der Waals surface area contributed by atoms with Crippen LogP contribution in [0.25, 0.3) is 0 Å². The molecule has 230 valence electrons. The molecule has 0 saturated heterocycles. The smallest absolute Gasteiger partial charge is 0.362 e. The van der Waals surface area contributed by atoms with Crippen molar-refractivity contribution in [3.8, 4) is 0 Å². The van der Waals surface area contributed by atoms with Crippen LogP contribution < -0.4 is 0 Å². The summed E-state index contributed by atoms with van der Waals surface area (Å²) in [7, 11) is 5.47. The molecule has 0 heterocycles. The average Bonchev–Trinajstić information content (AvgIpc) is 2.85. The lowest BCUT2D eigenvalue weighted by Crippen LogP contribution is -2.50. The molecule has 2 unspecified atom stereocenters. The zero-order chi connectivity index (χ0) is 29.4. The zero-order valence-electron chi connectivity index (χ0n) is 25.8. The number of rotatable bonds is 27. The first-order valence-electron chi connectivity index (χ1n) is 15.5. The number of ether oxygens (including phenoxy) is 3. The summed E-state index contributed by atoms with van der Waals surface area (Å²) >= 11 is 0. The molecule has 1 N–H and O–H groups in total. The molecule has 0 aromatic heterocycles. The molecular formula is C31H60NO7+. The lowest BCUT2D eigenvalue weighted by Gasteiger charge is -2.31. The number of quaternary nitrogens is 1. The maximum Gasteiger partial charge on any atom is 0.362 e. The average molecular weight is 559 g/mol. The van der Waals surface area contributed by atoms with Gasteiger partial charge in [0, 0.05) is 19.8 Å². The molecule has 2 atom stereocenters. The van der Waals surface area contributed by atoms with Crippen molar-refractivity contribution in [3.63, 3.8) is 0 Å². The van der Waals surface area contributed by atoms with Gasteiger partial charge < -0.3 is 23.8 Å². The van der Waals surface area contributed by atoms with Crippen molar-refractivity contribution >= 4 is 17.9 Å². The van der Waals surface area contributed by atoms with E-state index in [9.17, 15) is 19.5 Å². The van der Waals surface area contributed by atoms with Crippen molar-refractivity contribution in [1.82, 2.24) is 0 Å². The molecule has 0 radical (unpaired) electrons. The van der Waals surface area contributed by atoms with E-state index >= 15 is 0 Å². The number of aliphatic carboxylic acids is 1. The van der Waals surface area contributed by atoms with Crippen LogP contribution in [0.1, 0.15) is 129 Å². The second kappa shape index (κ2) is 24.2. The molecule has 0 rings (SSSR count). The van der Waals surface area contributed by atoms with E-state index in [1.54, 1.807) is 0 Å².